The van der Waals surface area contributed by atoms with Crippen molar-refractivity contribution in [2.24, 2.45) is 0 Å². The van der Waals surface area contributed by atoms with E-state index in [9.17, 15) is 14.3 Å². The number of hydrogen-bond donors (Lipinski definition) is 1. The number of carboxylic acid groups (broad SMARTS) is 1. The molecule has 0 heterocycles. The van der Waals surface area contributed by atoms with Crippen LogP contribution in [0.15, 0.2) is 48.0 Å². The third-order valence-corrected chi connectivity index (χ3v) is 4.61. The van der Waals surface area contributed by atoms with E-state index >= 15 is 0 Å². The van der Waals surface area contributed by atoms with Crippen LogP contribution in [0.4, 0.5) is 4.39 Å². The number of aliphatic carboxylic acids is 1. The van der Waals surface area contributed by atoms with Gasteiger partial charge in [-0.2, -0.15) is 0 Å². The van der Waals surface area contributed by atoms with Crippen molar-refractivity contribution >= 4 is 23.2 Å². The van der Waals surface area contributed by atoms with Crippen LogP contribution in [0.1, 0.15) is 48.9 Å². The van der Waals surface area contributed by atoms with E-state index in [0.717, 1.165) is 35.1 Å². The zero-order valence-corrected chi connectivity index (χ0v) is 14.5. The van der Waals surface area contributed by atoms with Crippen LogP contribution in [-0.2, 0) is 11.2 Å². The summed E-state index contributed by atoms with van der Waals surface area (Å²) in [5.74, 6) is -1.26. The second-order valence-corrected chi connectivity index (χ2v) is 6.41. The lowest BCUT2D eigenvalue weighted by atomic mass is 9.99. The Bertz CT molecular complexity index is 873. The van der Waals surface area contributed by atoms with Gasteiger partial charge in [0, 0.05) is 0 Å². The maximum atomic E-state index is 13.7. The lowest BCUT2D eigenvalue weighted by Gasteiger charge is -2.05. The van der Waals surface area contributed by atoms with Crippen LogP contribution in [0.2, 0.25) is 0 Å². The van der Waals surface area contributed by atoms with Gasteiger partial charge >= 0.3 is 5.97 Å². The van der Waals surface area contributed by atoms with E-state index in [0.29, 0.717) is 11.1 Å². The first-order chi connectivity index (χ1) is 12.0. The summed E-state index contributed by atoms with van der Waals surface area (Å²) in [5.41, 5.74) is 6.51. The van der Waals surface area contributed by atoms with E-state index < -0.39 is 5.97 Å². The molecule has 0 radical (unpaired) electrons. The van der Waals surface area contributed by atoms with Crippen molar-refractivity contribution in [3.8, 4) is 0 Å². The fourth-order valence-corrected chi connectivity index (χ4v) is 3.37. The van der Waals surface area contributed by atoms with Crippen LogP contribution >= 0.6 is 0 Å². The van der Waals surface area contributed by atoms with Crippen molar-refractivity contribution in [3.05, 3.63) is 76.1 Å². The average molecular weight is 336 g/mol. The first-order valence-electron chi connectivity index (χ1n) is 8.52. The van der Waals surface area contributed by atoms with Gasteiger partial charge in [0.25, 0.3) is 0 Å². The summed E-state index contributed by atoms with van der Waals surface area (Å²) in [6.07, 6.45) is 4.12. The quantitative estimate of drug-likeness (QED) is 0.774. The van der Waals surface area contributed by atoms with Crippen LogP contribution in [0.25, 0.3) is 17.2 Å². The van der Waals surface area contributed by atoms with Crippen molar-refractivity contribution < 1.29 is 14.3 Å². The number of aryl methyl sites for hydroxylation is 1. The molecule has 25 heavy (non-hydrogen) atoms. The summed E-state index contributed by atoms with van der Waals surface area (Å²) >= 11 is 0. The molecule has 0 atom stereocenters. The topological polar surface area (TPSA) is 37.3 Å². The lowest BCUT2D eigenvalue weighted by molar-refractivity contribution is -0.135. The first-order valence-corrected chi connectivity index (χ1v) is 8.52. The van der Waals surface area contributed by atoms with Crippen molar-refractivity contribution in [1.82, 2.24) is 0 Å². The summed E-state index contributed by atoms with van der Waals surface area (Å²) < 4.78 is 13.7. The molecule has 0 unspecified atom stereocenters. The zero-order chi connectivity index (χ0) is 18.0. The van der Waals surface area contributed by atoms with Gasteiger partial charge in [-0.3, -0.25) is 4.79 Å². The van der Waals surface area contributed by atoms with Crippen LogP contribution < -0.4 is 0 Å². The summed E-state index contributed by atoms with van der Waals surface area (Å²) in [4.78, 5) is 11.2. The highest BCUT2D eigenvalue weighted by Crippen LogP contribution is 2.43. The molecule has 0 saturated carbocycles. The van der Waals surface area contributed by atoms with Gasteiger partial charge in [0.05, 0.1) is 6.42 Å². The van der Waals surface area contributed by atoms with Crippen LogP contribution in [0.5, 0.6) is 0 Å². The third kappa shape index (κ3) is 3.55. The molecule has 2 aromatic rings. The van der Waals surface area contributed by atoms with Gasteiger partial charge in [-0.1, -0.05) is 43.7 Å². The van der Waals surface area contributed by atoms with Crippen molar-refractivity contribution in [2.45, 2.75) is 33.1 Å². The Morgan fingerprint density at radius 2 is 1.84 bits per heavy atom. The number of fused-ring (bicyclic) bond motifs is 1. The molecular weight excluding hydrogens is 315 g/mol. The van der Waals surface area contributed by atoms with Gasteiger partial charge in [-0.15, -0.1) is 0 Å². The maximum absolute atomic E-state index is 13.7. The normalized spacial score (nSPS) is 14.9. The van der Waals surface area contributed by atoms with E-state index in [2.05, 4.69) is 37.3 Å². The summed E-state index contributed by atoms with van der Waals surface area (Å²) in [7, 11) is 0. The van der Waals surface area contributed by atoms with Crippen LogP contribution in [-0.4, -0.2) is 11.1 Å². The molecule has 0 bridgehead atoms. The van der Waals surface area contributed by atoms with Crippen LogP contribution in [0, 0.1) is 5.82 Å². The minimum atomic E-state index is -0.908. The fourth-order valence-electron chi connectivity index (χ4n) is 3.37. The minimum Gasteiger partial charge on any atom is -0.481 e. The minimum absolute atomic E-state index is 0.102. The third-order valence-electron chi connectivity index (χ3n) is 4.61. The summed E-state index contributed by atoms with van der Waals surface area (Å²) in [5, 5.41) is 9.20. The first kappa shape index (κ1) is 17.2. The second-order valence-electron chi connectivity index (χ2n) is 6.41. The highest BCUT2D eigenvalue weighted by molar-refractivity contribution is 6.07. The smallest absolute Gasteiger partial charge is 0.307 e. The number of halogens is 1. The second kappa shape index (κ2) is 7.06. The van der Waals surface area contributed by atoms with Gasteiger partial charge in [0.15, 0.2) is 0 Å². The molecule has 0 fully saturated rings. The van der Waals surface area contributed by atoms with E-state index in [1.54, 1.807) is 6.07 Å². The average Bonchev–Trinajstić information content (AvgIpc) is 2.81. The predicted octanol–water partition coefficient (Wildman–Crippen LogP) is 5.58. The fraction of sp³-hybridized carbons (Fsp3) is 0.227. The molecule has 0 amide bonds. The molecule has 0 saturated heterocycles. The Kier molecular flexibility index (Phi) is 4.84. The summed E-state index contributed by atoms with van der Waals surface area (Å²) in [6, 6.07) is 13.0. The molecule has 2 nitrogen and oxygen atoms in total. The van der Waals surface area contributed by atoms with Gasteiger partial charge in [-0.05, 0) is 70.5 Å². The number of carbonyl (C=O) groups is 1. The van der Waals surface area contributed by atoms with Gasteiger partial charge in [-0.25, -0.2) is 4.39 Å². The summed E-state index contributed by atoms with van der Waals surface area (Å²) in [6.45, 7) is 4.07. The highest BCUT2D eigenvalue weighted by Gasteiger charge is 2.25. The van der Waals surface area contributed by atoms with Gasteiger partial charge in [0.2, 0.25) is 0 Å². The Morgan fingerprint density at radius 3 is 2.48 bits per heavy atom. The van der Waals surface area contributed by atoms with Crippen molar-refractivity contribution in [1.29, 1.82) is 0 Å². The molecule has 1 N–H and O–H groups in total. The van der Waals surface area contributed by atoms with E-state index in [1.165, 1.54) is 17.7 Å². The Hall–Kier alpha value is -2.68. The molecule has 1 aliphatic carbocycles. The standard InChI is InChI=1S/C22H21FO2/c1-3-4-15-5-7-16(8-6-15)11-19-14(2)20(13-22(24)25)21-12-17(23)9-10-18(19)21/h5-12H,3-4,13H2,1-2H3,(H,24,25). The Morgan fingerprint density at radius 1 is 1.12 bits per heavy atom. The molecule has 0 aliphatic heterocycles. The molecule has 0 aromatic heterocycles. The molecule has 3 rings (SSSR count). The molecule has 2 aromatic carbocycles. The Labute approximate surface area is 147 Å². The van der Waals surface area contributed by atoms with E-state index in [1.807, 2.05) is 6.92 Å². The lowest BCUT2D eigenvalue weighted by Crippen LogP contribution is -1.97. The van der Waals surface area contributed by atoms with E-state index in [-0.39, 0.29) is 12.2 Å². The number of rotatable bonds is 5. The van der Waals surface area contributed by atoms with Crippen molar-refractivity contribution in [2.75, 3.05) is 0 Å². The molecule has 0 spiro atoms. The Balaban J connectivity index is 2.06. The van der Waals surface area contributed by atoms with Crippen LogP contribution in [0.3, 0.4) is 0 Å². The largest absolute Gasteiger partial charge is 0.481 e. The maximum Gasteiger partial charge on any atom is 0.307 e. The SMILES string of the molecule is CCCc1ccc(C=C2C(C)=C(CC(=O)O)c3cc(F)ccc32)cc1. The van der Waals surface area contributed by atoms with Gasteiger partial charge < -0.3 is 5.11 Å². The molecule has 1 aliphatic rings. The molecule has 3 heteroatoms. The molecule has 128 valence electrons. The highest BCUT2D eigenvalue weighted by atomic mass is 19.1. The number of hydrogen-bond acceptors (Lipinski definition) is 1. The van der Waals surface area contributed by atoms with Gasteiger partial charge in [0.1, 0.15) is 5.82 Å². The predicted molar refractivity (Wildman–Crippen MR) is 99.6 cm³/mol. The number of carboxylic acids is 1. The molecular formula is C22H21FO2. The van der Waals surface area contributed by atoms with Crippen molar-refractivity contribution in [3.63, 3.8) is 0 Å². The van der Waals surface area contributed by atoms with E-state index in [4.69, 9.17) is 0 Å². The zero-order valence-electron chi connectivity index (χ0n) is 14.5. The monoisotopic (exact) mass is 336 g/mol. The number of allylic oxidation sites excluding steroid dienone is 2. The number of benzene rings is 2.